The Morgan fingerprint density at radius 3 is 2.20 bits per heavy atom. The standard InChI is InChI=1S/C14H21Br/c1-2-8-13-10-5-6-11-14(13)9-4-3-7-12-15/h5-6,10-11H,2-4,7-9,12H2,1H3. The number of rotatable bonds is 7. The van der Waals surface area contributed by atoms with Crippen LogP contribution in [-0.4, -0.2) is 5.33 Å². The summed E-state index contributed by atoms with van der Waals surface area (Å²) < 4.78 is 0. The maximum Gasteiger partial charge on any atom is 0.00313 e. The number of benzene rings is 1. The van der Waals surface area contributed by atoms with Crippen LogP contribution in [0.3, 0.4) is 0 Å². The van der Waals surface area contributed by atoms with Crippen molar-refractivity contribution in [3.63, 3.8) is 0 Å². The van der Waals surface area contributed by atoms with E-state index < -0.39 is 0 Å². The number of hydrogen-bond donors (Lipinski definition) is 0. The molecule has 0 aliphatic heterocycles. The zero-order valence-corrected chi connectivity index (χ0v) is 11.2. The van der Waals surface area contributed by atoms with Crippen LogP contribution in [0.5, 0.6) is 0 Å². The van der Waals surface area contributed by atoms with Gasteiger partial charge in [-0.2, -0.15) is 0 Å². The van der Waals surface area contributed by atoms with Crippen molar-refractivity contribution >= 4 is 15.9 Å². The fraction of sp³-hybridized carbons (Fsp3) is 0.571. The molecule has 0 saturated heterocycles. The van der Waals surface area contributed by atoms with Gasteiger partial charge in [-0.25, -0.2) is 0 Å². The van der Waals surface area contributed by atoms with E-state index >= 15 is 0 Å². The Bertz CT molecular complexity index is 268. The van der Waals surface area contributed by atoms with Crippen molar-refractivity contribution in [3.05, 3.63) is 35.4 Å². The molecule has 0 aromatic heterocycles. The molecule has 0 spiro atoms. The first-order valence-electron chi connectivity index (χ1n) is 6.01. The molecular formula is C14H21Br. The first-order valence-corrected chi connectivity index (χ1v) is 7.13. The maximum atomic E-state index is 3.48. The lowest BCUT2D eigenvalue weighted by molar-refractivity contribution is 0.718. The molecule has 84 valence electrons. The van der Waals surface area contributed by atoms with Crippen LogP contribution in [0.25, 0.3) is 0 Å². The van der Waals surface area contributed by atoms with Gasteiger partial charge in [0.1, 0.15) is 0 Å². The summed E-state index contributed by atoms with van der Waals surface area (Å²) in [5.74, 6) is 0. The Morgan fingerprint density at radius 1 is 0.933 bits per heavy atom. The summed E-state index contributed by atoms with van der Waals surface area (Å²) in [5.41, 5.74) is 3.12. The quantitative estimate of drug-likeness (QED) is 0.495. The number of unbranched alkanes of at least 4 members (excludes halogenated alkanes) is 2. The fourth-order valence-electron chi connectivity index (χ4n) is 1.90. The van der Waals surface area contributed by atoms with Gasteiger partial charge in [0.15, 0.2) is 0 Å². The Balaban J connectivity index is 2.44. The van der Waals surface area contributed by atoms with Gasteiger partial charge in [-0.3, -0.25) is 0 Å². The molecule has 0 fully saturated rings. The molecule has 0 amide bonds. The van der Waals surface area contributed by atoms with Gasteiger partial charge in [0, 0.05) is 5.33 Å². The molecule has 1 aromatic rings. The molecule has 0 N–H and O–H groups in total. The minimum atomic E-state index is 1.14. The molecule has 0 unspecified atom stereocenters. The minimum absolute atomic E-state index is 1.14. The number of alkyl halides is 1. The molecular weight excluding hydrogens is 248 g/mol. The average molecular weight is 269 g/mol. The topological polar surface area (TPSA) is 0 Å². The second-order valence-corrected chi connectivity index (χ2v) is 4.81. The van der Waals surface area contributed by atoms with Crippen LogP contribution in [0.2, 0.25) is 0 Å². The molecule has 0 atom stereocenters. The molecule has 0 aliphatic rings. The van der Waals surface area contributed by atoms with Gasteiger partial charge in [0.2, 0.25) is 0 Å². The highest BCUT2D eigenvalue weighted by molar-refractivity contribution is 9.09. The highest BCUT2D eigenvalue weighted by atomic mass is 79.9. The zero-order chi connectivity index (χ0) is 10.9. The van der Waals surface area contributed by atoms with Crippen molar-refractivity contribution in [2.24, 2.45) is 0 Å². The summed E-state index contributed by atoms with van der Waals surface area (Å²) in [4.78, 5) is 0. The van der Waals surface area contributed by atoms with E-state index in [1.807, 2.05) is 0 Å². The van der Waals surface area contributed by atoms with Crippen LogP contribution in [-0.2, 0) is 12.8 Å². The number of hydrogen-bond acceptors (Lipinski definition) is 0. The predicted octanol–water partition coefficient (Wildman–Crippen LogP) is 4.75. The summed E-state index contributed by atoms with van der Waals surface area (Å²) in [5, 5.41) is 1.14. The van der Waals surface area contributed by atoms with E-state index in [1.165, 1.54) is 38.5 Å². The van der Waals surface area contributed by atoms with Crippen LogP contribution in [0.1, 0.15) is 43.7 Å². The molecule has 1 rings (SSSR count). The summed E-state index contributed by atoms with van der Waals surface area (Å²) in [7, 11) is 0. The Kier molecular flexibility index (Phi) is 6.74. The predicted molar refractivity (Wildman–Crippen MR) is 71.8 cm³/mol. The van der Waals surface area contributed by atoms with E-state index in [2.05, 4.69) is 47.1 Å². The molecule has 0 saturated carbocycles. The first kappa shape index (κ1) is 12.8. The van der Waals surface area contributed by atoms with Crippen molar-refractivity contribution in [2.45, 2.75) is 45.4 Å². The number of halogens is 1. The summed E-state index contributed by atoms with van der Waals surface area (Å²) in [6.45, 7) is 2.25. The van der Waals surface area contributed by atoms with Gasteiger partial charge in [-0.1, -0.05) is 60.0 Å². The highest BCUT2D eigenvalue weighted by Crippen LogP contribution is 2.14. The summed E-state index contributed by atoms with van der Waals surface area (Å²) >= 11 is 3.48. The van der Waals surface area contributed by atoms with Gasteiger partial charge < -0.3 is 0 Å². The van der Waals surface area contributed by atoms with Crippen LogP contribution in [0.15, 0.2) is 24.3 Å². The molecule has 1 heteroatoms. The van der Waals surface area contributed by atoms with E-state index in [0.29, 0.717) is 0 Å². The van der Waals surface area contributed by atoms with E-state index in [9.17, 15) is 0 Å². The Morgan fingerprint density at radius 2 is 1.60 bits per heavy atom. The molecule has 0 nitrogen and oxygen atoms in total. The Hall–Kier alpha value is -0.300. The third-order valence-electron chi connectivity index (χ3n) is 2.72. The van der Waals surface area contributed by atoms with Gasteiger partial charge in [-0.05, 0) is 36.8 Å². The van der Waals surface area contributed by atoms with Gasteiger partial charge in [-0.15, -0.1) is 0 Å². The maximum absolute atomic E-state index is 3.48. The lowest BCUT2D eigenvalue weighted by Crippen LogP contribution is -1.94. The zero-order valence-electron chi connectivity index (χ0n) is 9.64. The molecule has 0 heterocycles. The van der Waals surface area contributed by atoms with Gasteiger partial charge in [0.05, 0.1) is 0 Å². The van der Waals surface area contributed by atoms with Crippen molar-refractivity contribution in [3.8, 4) is 0 Å². The van der Waals surface area contributed by atoms with Crippen LogP contribution in [0, 0.1) is 0 Å². The van der Waals surface area contributed by atoms with Crippen molar-refractivity contribution < 1.29 is 0 Å². The normalized spacial score (nSPS) is 10.5. The van der Waals surface area contributed by atoms with Crippen LogP contribution < -0.4 is 0 Å². The lowest BCUT2D eigenvalue weighted by atomic mass is 9.98. The number of aryl methyl sites for hydroxylation is 2. The summed E-state index contributed by atoms with van der Waals surface area (Å²) in [6, 6.07) is 8.90. The lowest BCUT2D eigenvalue weighted by Gasteiger charge is -2.07. The minimum Gasteiger partial charge on any atom is -0.0928 e. The molecule has 0 radical (unpaired) electrons. The molecule has 1 aromatic carbocycles. The van der Waals surface area contributed by atoms with E-state index in [4.69, 9.17) is 0 Å². The second-order valence-electron chi connectivity index (χ2n) is 4.02. The Labute approximate surface area is 102 Å². The molecule has 15 heavy (non-hydrogen) atoms. The van der Waals surface area contributed by atoms with E-state index in [1.54, 1.807) is 11.1 Å². The molecule has 0 aliphatic carbocycles. The van der Waals surface area contributed by atoms with Crippen molar-refractivity contribution in [2.75, 3.05) is 5.33 Å². The van der Waals surface area contributed by atoms with E-state index in [0.717, 1.165) is 5.33 Å². The highest BCUT2D eigenvalue weighted by Gasteiger charge is 2.00. The fourth-order valence-corrected chi connectivity index (χ4v) is 2.30. The largest absolute Gasteiger partial charge is 0.0928 e. The third-order valence-corrected chi connectivity index (χ3v) is 3.28. The average Bonchev–Trinajstić information content (AvgIpc) is 2.27. The SMILES string of the molecule is CCCc1ccccc1CCCCCBr. The van der Waals surface area contributed by atoms with Gasteiger partial charge in [0.25, 0.3) is 0 Å². The summed E-state index contributed by atoms with van der Waals surface area (Å²) in [6.07, 6.45) is 7.70. The van der Waals surface area contributed by atoms with E-state index in [-0.39, 0.29) is 0 Å². The second kappa shape index (κ2) is 7.92. The van der Waals surface area contributed by atoms with Crippen LogP contribution >= 0.6 is 15.9 Å². The monoisotopic (exact) mass is 268 g/mol. The molecule has 0 bridgehead atoms. The van der Waals surface area contributed by atoms with Crippen LogP contribution in [0.4, 0.5) is 0 Å². The van der Waals surface area contributed by atoms with Crippen molar-refractivity contribution in [1.29, 1.82) is 0 Å². The third kappa shape index (κ3) is 4.83. The van der Waals surface area contributed by atoms with Crippen molar-refractivity contribution in [1.82, 2.24) is 0 Å². The first-order chi connectivity index (χ1) is 7.38. The van der Waals surface area contributed by atoms with Gasteiger partial charge >= 0.3 is 0 Å². The smallest absolute Gasteiger partial charge is 0.00313 e.